The molecule has 0 spiro atoms. The minimum atomic E-state index is -0.800. The van der Waals surface area contributed by atoms with Crippen LogP contribution in [0.3, 0.4) is 0 Å². The first-order chi connectivity index (χ1) is 10.5. The maximum absolute atomic E-state index is 12.3. The highest BCUT2D eigenvalue weighted by atomic mass is 16.7. The Labute approximate surface area is 127 Å². The Bertz CT molecular complexity index is 604. The smallest absolute Gasteiger partial charge is 0.307 e. The lowest BCUT2D eigenvalue weighted by Gasteiger charge is -2.23. The van der Waals surface area contributed by atoms with Gasteiger partial charge in [0, 0.05) is 18.3 Å². The fraction of sp³-hybridized carbons (Fsp3) is 0.467. The minimum absolute atomic E-state index is 0.162. The first kappa shape index (κ1) is 14.6. The van der Waals surface area contributed by atoms with Crippen LogP contribution in [0.2, 0.25) is 0 Å². The monoisotopic (exact) mass is 306 g/mol. The van der Waals surface area contributed by atoms with Gasteiger partial charge in [0.2, 0.25) is 12.7 Å². The molecule has 1 saturated heterocycles. The quantitative estimate of drug-likeness (QED) is 0.867. The van der Waals surface area contributed by atoms with Crippen molar-refractivity contribution in [2.45, 2.75) is 19.4 Å². The molecule has 22 heavy (non-hydrogen) atoms. The van der Waals surface area contributed by atoms with Crippen molar-refractivity contribution in [1.82, 2.24) is 4.90 Å². The lowest BCUT2D eigenvalue weighted by molar-refractivity contribution is -0.141. The Morgan fingerprint density at radius 1 is 1.36 bits per heavy atom. The molecule has 0 radical (unpaired) electrons. The van der Waals surface area contributed by atoms with Gasteiger partial charge >= 0.3 is 5.97 Å². The van der Waals surface area contributed by atoms with E-state index in [4.69, 9.17) is 14.6 Å². The molecule has 0 aromatic heterocycles. The predicted molar refractivity (Wildman–Crippen MR) is 78.0 cm³/mol. The minimum Gasteiger partial charge on any atom is -0.481 e. The number of hydrogen-bond donors (Lipinski definition) is 2. The van der Waals surface area contributed by atoms with Crippen LogP contribution in [0.15, 0.2) is 18.2 Å². The number of anilines is 1. The number of fused-ring (bicyclic) bond motifs is 1. The van der Waals surface area contributed by atoms with Crippen LogP contribution < -0.4 is 14.8 Å². The van der Waals surface area contributed by atoms with Gasteiger partial charge in [-0.2, -0.15) is 0 Å². The predicted octanol–water partition coefficient (Wildman–Crippen LogP) is 1.15. The molecule has 1 fully saturated rings. The summed E-state index contributed by atoms with van der Waals surface area (Å²) in [5, 5.41) is 11.9. The number of amides is 1. The third-order valence-corrected chi connectivity index (χ3v) is 4.14. The average molecular weight is 306 g/mol. The fourth-order valence-corrected chi connectivity index (χ4v) is 2.73. The molecule has 2 heterocycles. The van der Waals surface area contributed by atoms with E-state index in [9.17, 15) is 9.59 Å². The van der Waals surface area contributed by atoms with Crippen molar-refractivity contribution in [1.29, 1.82) is 0 Å². The number of likely N-dealkylation sites (tertiary alicyclic amines) is 1. The largest absolute Gasteiger partial charge is 0.481 e. The van der Waals surface area contributed by atoms with Crippen molar-refractivity contribution in [3.63, 3.8) is 0 Å². The number of aliphatic carboxylic acids is 1. The van der Waals surface area contributed by atoms with Gasteiger partial charge in [-0.25, -0.2) is 0 Å². The van der Waals surface area contributed by atoms with Gasteiger partial charge in [-0.05, 0) is 32.0 Å². The van der Waals surface area contributed by atoms with Crippen LogP contribution >= 0.6 is 0 Å². The van der Waals surface area contributed by atoms with Crippen LogP contribution in [0.4, 0.5) is 5.69 Å². The number of carbonyl (C=O) groups excluding carboxylic acids is 1. The number of carbonyl (C=O) groups is 2. The van der Waals surface area contributed by atoms with Crippen molar-refractivity contribution in [3.8, 4) is 11.5 Å². The zero-order valence-electron chi connectivity index (χ0n) is 12.2. The molecular formula is C15H18N2O5. The van der Waals surface area contributed by atoms with Crippen LogP contribution in [0, 0.1) is 5.92 Å². The second-order valence-corrected chi connectivity index (χ2v) is 5.55. The molecule has 2 atom stereocenters. The molecular weight excluding hydrogens is 288 g/mol. The third kappa shape index (κ3) is 2.85. The zero-order valence-corrected chi connectivity index (χ0v) is 12.2. The lowest BCUT2D eigenvalue weighted by Crippen LogP contribution is -2.41. The van der Waals surface area contributed by atoms with E-state index in [1.807, 2.05) is 4.90 Å². The van der Waals surface area contributed by atoms with Crippen molar-refractivity contribution in [3.05, 3.63) is 18.2 Å². The SMILES string of the molecule is CC(C(=O)Nc1ccc2c(c1)OCO2)N1CCC(C(=O)O)C1. The molecule has 3 rings (SSSR count). The number of carboxylic acid groups (broad SMARTS) is 1. The van der Waals surface area contributed by atoms with Crippen molar-refractivity contribution in [2.24, 2.45) is 5.92 Å². The Balaban J connectivity index is 1.61. The second-order valence-electron chi connectivity index (χ2n) is 5.55. The Hall–Kier alpha value is -2.28. The standard InChI is InChI=1S/C15H18N2O5/c1-9(17-5-4-10(7-17)15(19)20)14(18)16-11-2-3-12-13(6-11)22-8-21-12/h2-3,6,9-10H,4-5,7-8H2,1H3,(H,16,18)(H,19,20). The Morgan fingerprint density at radius 3 is 2.86 bits per heavy atom. The van der Waals surface area contributed by atoms with Gasteiger partial charge in [0.15, 0.2) is 11.5 Å². The normalized spacial score (nSPS) is 21.6. The van der Waals surface area contributed by atoms with E-state index in [1.54, 1.807) is 25.1 Å². The summed E-state index contributed by atoms with van der Waals surface area (Å²) in [6.45, 7) is 3.00. The molecule has 0 aliphatic carbocycles. The molecule has 1 amide bonds. The van der Waals surface area contributed by atoms with Crippen molar-refractivity contribution < 1.29 is 24.2 Å². The van der Waals surface area contributed by atoms with Crippen LogP contribution in [-0.2, 0) is 9.59 Å². The van der Waals surface area contributed by atoms with Gasteiger partial charge in [0.1, 0.15) is 0 Å². The number of ether oxygens (including phenoxy) is 2. The van der Waals surface area contributed by atoms with Gasteiger partial charge in [0.05, 0.1) is 12.0 Å². The van der Waals surface area contributed by atoms with E-state index in [0.29, 0.717) is 36.7 Å². The highest BCUT2D eigenvalue weighted by Gasteiger charge is 2.33. The van der Waals surface area contributed by atoms with Crippen molar-refractivity contribution in [2.75, 3.05) is 25.2 Å². The van der Waals surface area contributed by atoms with E-state index in [0.717, 1.165) is 0 Å². The highest BCUT2D eigenvalue weighted by Crippen LogP contribution is 2.34. The topological polar surface area (TPSA) is 88.1 Å². The number of nitrogens with one attached hydrogen (secondary N) is 1. The molecule has 0 bridgehead atoms. The van der Waals surface area contributed by atoms with Gasteiger partial charge in [0.25, 0.3) is 0 Å². The summed E-state index contributed by atoms with van der Waals surface area (Å²) >= 11 is 0. The molecule has 0 saturated carbocycles. The van der Waals surface area contributed by atoms with E-state index >= 15 is 0 Å². The number of carboxylic acids is 1. The number of benzene rings is 1. The van der Waals surface area contributed by atoms with Gasteiger partial charge in [-0.1, -0.05) is 0 Å². The molecule has 2 unspecified atom stereocenters. The maximum atomic E-state index is 12.3. The van der Waals surface area contributed by atoms with Gasteiger partial charge in [-0.3, -0.25) is 14.5 Å². The van der Waals surface area contributed by atoms with Gasteiger partial charge < -0.3 is 19.9 Å². The summed E-state index contributed by atoms with van der Waals surface area (Å²) in [5.74, 6) is -0.0796. The Kier molecular flexibility index (Phi) is 3.89. The molecule has 7 heteroatoms. The first-order valence-corrected chi connectivity index (χ1v) is 7.22. The summed E-state index contributed by atoms with van der Waals surface area (Å²) in [6.07, 6.45) is 0.580. The molecule has 1 aromatic rings. The number of rotatable bonds is 4. The van der Waals surface area contributed by atoms with Crippen LogP contribution in [0.1, 0.15) is 13.3 Å². The second kappa shape index (κ2) is 5.84. The molecule has 7 nitrogen and oxygen atoms in total. The summed E-state index contributed by atoms with van der Waals surface area (Å²) in [4.78, 5) is 25.2. The van der Waals surface area contributed by atoms with E-state index in [-0.39, 0.29) is 24.7 Å². The Morgan fingerprint density at radius 2 is 2.14 bits per heavy atom. The first-order valence-electron chi connectivity index (χ1n) is 7.22. The summed E-state index contributed by atoms with van der Waals surface area (Å²) in [7, 11) is 0. The summed E-state index contributed by atoms with van der Waals surface area (Å²) in [6, 6.07) is 4.84. The molecule has 2 aliphatic heterocycles. The lowest BCUT2D eigenvalue weighted by atomic mass is 10.1. The van der Waals surface area contributed by atoms with Crippen LogP contribution in [-0.4, -0.2) is 47.8 Å². The molecule has 2 aliphatic rings. The van der Waals surface area contributed by atoms with E-state index < -0.39 is 5.97 Å². The molecule has 1 aromatic carbocycles. The van der Waals surface area contributed by atoms with Crippen molar-refractivity contribution >= 4 is 17.6 Å². The fourth-order valence-electron chi connectivity index (χ4n) is 2.73. The zero-order chi connectivity index (χ0) is 15.7. The molecule has 2 N–H and O–H groups in total. The van der Waals surface area contributed by atoms with E-state index in [1.165, 1.54) is 0 Å². The molecule has 118 valence electrons. The number of hydrogen-bond acceptors (Lipinski definition) is 5. The summed E-state index contributed by atoms with van der Waals surface area (Å²) in [5.41, 5.74) is 0.634. The van der Waals surface area contributed by atoms with E-state index in [2.05, 4.69) is 5.32 Å². The van der Waals surface area contributed by atoms with Crippen LogP contribution in [0.5, 0.6) is 11.5 Å². The average Bonchev–Trinajstić information content (AvgIpc) is 3.15. The maximum Gasteiger partial charge on any atom is 0.307 e. The number of nitrogens with zero attached hydrogens (tertiary/aromatic N) is 1. The third-order valence-electron chi connectivity index (χ3n) is 4.14. The van der Waals surface area contributed by atoms with Crippen LogP contribution in [0.25, 0.3) is 0 Å². The highest BCUT2D eigenvalue weighted by molar-refractivity contribution is 5.95. The summed E-state index contributed by atoms with van der Waals surface area (Å²) < 4.78 is 10.5. The van der Waals surface area contributed by atoms with Gasteiger partial charge in [-0.15, -0.1) is 0 Å².